The number of esters is 1. The fourth-order valence-electron chi connectivity index (χ4n) is 2.77. The van der Waals surface area contributed by atoms with Crippen LogP contribution in [0.3, 0.4) is 0 Å². The average Bonchev–Trinajstić information content (AvgIpc) is 2.84. The first kappa shape index (κ1) is 14.1. The number of carbonyl (C=O) groups excluding carboxylic acids is 1. The molecule has 0 spiro atoms. The normalized spacial score (nSPS) is 13.9. The molecular formula is C16H17ClN2O2. The molecule has 3 rings (SSSR count). The summed E-state index contributed by atoms with van der Waals surface area (Å²) in [5, 5.41) is 1.89. The van der Waals surface area contributed by atoms with Gasteiger partial charge in [0.25, 0.3) is 0 Å². The number of rotatable bonds is 4. The summed E-state index contributed by atoms with van der Waals surface area (Å²) in [7, 11) is 0. The van der Waals surface area contributed by atoms with Crippen LogP contribution in [0.2, 0.25) is 5.02 Å². The highest BCUT2D eigenvalue weighted by molar-refractivity contribution is 6.31. The summed E-state index contributed by atoms with van der Waals surface area (Å²) in [5.74, 6) is -0.175. The van der Waals surface area contributed by atoms with Gasteiger partial charge in [-0.25, -0.2) is 0 Å². The molecule has 0 saturated heterocycles. The van der Waals surface area contributed by atoms with Gasteiger partial charge in [-0.2, -0.15) is 0 Å². The summed E-state index contributed by atoms with van der Waals surface area (Å²) in [6.07, 6.45) is 1.87. The van der Waals surface area contributed by atoms with Gasteiger partial charge in [-0.1, -0.05) is 11.6 Å². The maximum absolute atomic E-state index is 11.5. The van der Waals surface area contributed by atoms with Crippen LogP contribution in [-0.4, -0.2) is 29.8 Å². The van der Waals surface area contributed by atoms with Gasteiger partial charge >= 0.3 is 5.97 Å². The lowest BCUT2D eigenvalue weighted by Gasteiger charge is -2.13. The SMILES string of the molecule is CCOC(=O)CCC1=NCCc2c1[nH]c1ccc(Cl)cc21. The fraction of sp³-hybridized carbons (Fsp3) is 0.375. The molecule has 0 saturated carbocycles. The zero-order valence-electron chi connectivity index (χ0n) is 11.9. The highest BCUT2D eigenvalue weighted by Crippen LogP contribution is 2.29. The Bertz CT molecular complexity index is 718. The molecule has 1 aliphatic heterocycles. The second-order valence-electron chi connectivity index (χ2n) is 5.05. The fourth-order valence-corrected chi connectivity index (χ4v) is 2.94. The van der Waals surface area contributed by atoms with E-state index >= 15 is 0 Å². The van der Waals surface area contributed by atoms with Crippen LogP contribution in [0.25, 0.3) is 10.9 Å². The van der Waals surface area contributed by atoms with Crippen LogP contribution >= 0.6 is 11.6 Å². The number of fused-ring (bicyclic) bond motifs is 3. The van der Waals surface area contributed by atoms with E-state index in [2.05, 4.69) is 9.98 Å². The Morgan fingerprint density at radius 1 is 1.48 bits per heavy atom. The van der Waals surface area contributed by atoms with Crippen LogP contribution in [0.1, 0.15) is 31.0 Å². The Labute approximate surface area is 128 Å². The zero-order chi connectivity index (χ0) is 14.8. The van der Waals surface area contributed by atoms with Crippen molar-refractivity contribution in [3.63, 3.8) is 0 Å². The van der Waals surface area contributed by atoms with E-state index in [9.17, 15) is 4.79 Å². The van der Waals surface area contributed by atoms with Crippen molar-refractivity contribution in [1.29, 1.82) is 0 Å². The van der Waals surface area contributed by atoms with Crippen molar-refractivity contribution in [2.45, 2.75) is 26.2 Å². The summed E-state index contributed by atoms with van der Waals surface area (Å²) in [4.78, 5) is 19.5. The zero-order valence-corrected chi connectivity index (χ0v) is 12.7. The second-order valence-corrected chi connectivity index (χ2v) is 5.49. The molecule has 1 aromatic carbocycles. The molecule has 0 unspecified atom stereocenters. The largest absolute Gasteiger partial charge is 0.466 e. The van der Waals surface area contributed by atoms with Crippen LogP contribution < -0.4 is 0 Å². The van der Waals surface area contributed by atoms with Gasteiger partial charge in [0, 0.05) is 28.9 Å². The summed E-state index contributed by atoms with van der Waals surface area (Å²) in [5.41, 5.74) is 4.32. The molecule has 0 radical (unpaired) electrons. The summed E-state index contributed by atoms with van der Waals surface area (Å²) < 4.78 is 4.97. The predicted molar refractivity (Wildman–Crippen MR) is 84.3 cm³/mol. The van der Waals surface area contributed by atoms with Gasteiger partial charge in [0.2, 0.25) is 0 Å². The standard InChI is InChI=1S/C16H17ClN2O2/c1-2-21-15(20)6-5-14-16-11(7-8-18-14)12-9-10(17)3-4-13(12)19-16/h3-4,9,19H,2,5-8H2,1H3. The number of ether oxygens (including phenoxy) is 1. The molecule has 4 nitrogen and oxygen atoms in total. The minimum absolute atomic E-state index is 0.175. The van der Waals surface area contributed by atoms with Crippen molar-refractivity contribution in [3.05, 3.63) is 34.5 Å². The second kappa shape index (κ2) is 5.90. The molecular weight excluding hydrogens is 288 g/mol. The maximum Gasteiger partial charge on any atom is 0.306 e. The summed E-state index contributed by atoms with van der Waals surface area (Å²) in [6.45, 7) is 2.99. The number of nitrogens with zero attached hydrogens (tertiary/aromatic N) is 1. The van der Waals surface area contributed by atoms with E-state index in [-0.39, 0.29) is 5.97 Å². The number of aromatic amines is 1. The molecule has 0 atom stereocenters. The quantitative estimate of drug-likeness (QED) is 0.879. The molecule has 1 aliphatic rings. The number of H-pyrrole nitrogens is 1. The summed E-state index contributed by atoms with van der Waals surface area (Å²) in [6, 6.07) is 5.85. The number of hydrogen-bond acceptors (Lipinski definition) is 3. The van der Waals surface area contributed by atoms with Crippen molar-refractivity contribution in [2.24, 2.45) is 4.99 Å². The first-order chi connectivity index (χ1) is 10.2. The van der Waals surface area contributed by atoms with Gasteiger partial charge in [-0.15, -0.1) is 0 Å². The first-order valence-electron chi connectivity index (χ1n) is 7.18. The Balaban J connectivity index is 1.88. The predicted octanol–water partition coefficient (Wildman–Crippen LogP) is 3.51. The smallest absolute Gasteiger partial charge is 0.306 e. The average molecular weight is 305 g/mol. The van der Waals surface area contributed by atoms with E-state index in [0.717, 1.165) is 40.3 Å². The van der Waals surface area contributed by atoms with Crippen LogP contribution in [0.15, 0.2) is 23.2 Å². The van der Waals surface area contributed by atoms with E-state index in [0.29, 0.717) is 19.4 Å². The molecule has 2 heterocycles. The van der Waals surface area contributed by atoms with Gasteiger partial charge in [0.15, 0.2) is 0 Å². The van der Waals surface area contributed by atoms with E-state index < -0.39 is 0 Å². The highest BCUT2D eigenvalue weighted by Gasteiger charge is 2.20. The van der Waals surface area contributed by atoms with Crippen molar-refractivity contribution in [2.75, 3.05) is 13.2 Å². The monoisotopic (exact) mass is 304 g/mol. The van der Waals surface area contributed by atoms with Crippen LogP contribution in [0, 0.1) is 0 Å². The van der Waals surface area contributed by atoms with Gasteiger partial charge < -0.3 is 9.72 Å². The van der Waals surface area contributed by atoms with E-state index in [1.165, 1.54) is 5.56 Å². The molecule has 1 N–H and O–H groups in total. The highest BCUT2D eigenvalue weighted by atomic mass is 35.5. The molecule has 0 aliphatic carbocycles. The topological polar surface area (TPSA) is 54.4 Å². The number of halogens is 1. The Morgan fingerprint density at radius 3 is 3.14 bits per heavy atom. The number of nitrogens with one attached hydrogen (secondary N) is 1. The lowest BCUT2D eigenvalue weighted by molar-refractivity contribution is -0.142. The lowest BCUT2D eigenvalue weighted by Crippen LogP contribution is -2.15. The Kier molecular flexibility index (Phi) is 3.97. The Morgan fingerprint density at radius 2 is 2.33 bits per heavy atom. The number of aromatic nitrogens is 1. The summed E-state index contributed by atoms with van der Waals surface area (Å²) >= 11 is 6.09. The van der Waals surface area contributed by atoms with Crippen LogP contribution in [0.4, 0.5) is 0 Å². The minimum atomic E-state index is -0.175. The van der Waals surface area contributed by atoms with Crippen molar-refractivity contribution in [3.8, 4) is 0 Å². The number of carbonyl (C=O) groups is 1. The van der Waals surface area contributed by atoms with Crippen LogP contribution in [-0.2, 0) is 16.0 Å². The molecule has 2 aromatic rings. The molecule has 21 heavy (non-hydrogen) atoms. The first-order valence-corrected chi connectivity index (χ1v) is 7.56. The van der Waals surface area contributed by atoms with Crippen molar-refractivity contribution < 1.29 is 9.53 Å². The minimum Gasteiger partial charge on any atom is -0.466 e. The van der Waals surface area contributed by atoms with Crippen molar-refractivity contribution >= 4 is 34.2 Å². The van der Waals surface area contributed by atoms with Gasteiger partial charge in [0.1, 0.15) is 0 Å². The van der Waals surface area contributed by atoms with Crippen molar-refractivity contribution in [1.82, 2.24) is 4.98 Å². The number of hydrogen-bond donors (Lipinski definition) is 1. The van der Waals surface area contributed by atoms with Gasteiger partial charge in [-0.3, -0.25) is 9.79 Å². The van der Waals surface area contributed by atoms with E-state index in [1.54, 1.807) is 0 Å². The molecule has 110 valence electrons. The molecule has 0 fully saturated rings. The molecule has 1 aromatic heterocycles. The number of benzene rings is 1. The van der Waals surface area contributed by atoms with E-state index in [4.69, 9.17) is 16.3 Å². The third-order valence-corrected chi connectivity index (χ3v) is 3.93. The van der Waals surface area contributed by atoms with Gasteiger partial charge in [0.05, 0.1) is 24.4 Å². The van der Waals surface area contributed by atoms with E-state index in [1.807, 2.05) is 25.1 Å². The van der Waals surface area contributed by atoms with Gasteiger partial charge in [-0.05, 0) is 37.1 Å². The molecule has 0 amide bonds. The maximum atomic E-state index is 11.5. The Hall–Kier alpha value is -1.81. The molecule has 5 heteroatoms. The molecule has 0 bridgehead atoms. The third kappa shape index (κ3) is 2.81. The number of aliphatic imine (C=N–C) groups is 1. The van der Waals surface area contributed by atoms with Crippen LogP contribution in [0.5, 0.6) is 0 Å². The third-order valence-electron chi connectivity index (χ3n) is 3.69. The lowest BCUT2D eigenvalue weighted by atomic mass is 10.00.